The molecule has 0 fully saturated rings. The second-order valence-corrected chi connectivity index (χ2v) is 8.26. The van der Waals surface area contributed by atoms with Crippen LogP contribution >= 0.6 is 44.9 Å². The minimum Gasteiger partial charge on any atom is -0.321 e. The summed E-state index contributed by atoms with van der Waals surface area (Å²) in [5.41, 5.74) is 0.782. The summed E-state index contributed by atoms with van der Waals surface area (Å²) in [7, 11) is 1.37. The summed E-state index contributed by atoms with van der Waals surface area (Å²) in [4.78, 5) is 11.9. The van der Waals surface area contributed by atoms with E-state index >= 15 is 0 Å². The monoisotopic (exact) mass is 455 g/mol. The Hall–Kier alpha value is -0.830. The lowest BCUT2D eigenvalue weighted by molar-refractivity contribution is 0.102. The summed E-state index contributed by atoms with van der Waals surface area (Å²) in [5, 5.41) is 2.71. The van der Waals surface area contributed by atoms with E-state index in [4.69, 9.17) is 22.3 Å². The fraction of sp³-hybridized carbons (Fsp3) is 0. The molecule has 0 saturated heterocycles. The second-order valence-electron chi connectivity index (χ2n) is 4.04. The number of carbonyl (C=O) groups is 1. The van der Waals surface area contributed by atoms with Gasteiger partial charge in [0.15, 0.2) is 0 Å². The molecule has 0 heterocycles. The number of amides is 1. The third-order valence-electron chi connectivity index (χ3n) is 2.58. The van der Waals surface area contributed by atoms with Crippen molar-refractivity contribution in [3.63, 3.8) is 0 Å². The maximum Gasteiger partial charge on any atom is 0.261 e. The van der Waals surface area contributed by atoms with Crippen LogP contribution in [0.2, 0.25) is 5.02 Å². The molecule has 0 aromatic heterocycles. The van der Waals surface area contributed by atoms with Crippen molar-refractivity contribution in [1.82, 2.24) is 0 Å². The lowest BCUT2D eigenvalue weighted by Crippen LogP contribution is -2.12. The van der Waals surface area contributed by atoms with Crippen molar-refractivity contribution in [3.8, 4) is 0 Å². The van der Waals surface area contributed by atoms with Gasteiger partial charge in [-0.05, 0) is 65.1 Å². The molecule has 0 unspecified atom stereocenters. The van der Waals surface area contributed by atoms with E-state index in [-0.39, 0.29) is 15.8 Å². The van der Waals surface area contributed by atoms with E-state index in [0.29, 0.717) is 11.3 Å². The molecule has 2 aromatic rings. The zero-order valence-corrected chi connectivity index (χ0v) is 14.8. The maximum atomic E-state index is 12.0. The van der Waals surface area contributed by atoms with Gasteiger partial charge in [0.2, 0.25) is 0 Å². The van der Waals surface area contributed by atoms with Crippen molar-refractivity contribution >= 4 is 65.5 Å². The number of anilines is 1. The molecular formula is C13H8Cl2INO3S. The normalized spacial score (nSPS) is 11.2. The standard InChI is InChI=1S/C13H8Cl2INO3S/c14-11-7-10(21(15,19)20)5-6-12(11)17-13(18)8-1-3-9(16)4-2-8/h1-7H,(H,17,18). The number of hydrogen-bond donors (Lipinski definition) is 1. The van der Waals surface area contributed by atoms with Crippen LogP contribution in [0, 0.1) is 3.57 Å². The highest BCUT2D eigenvalue weighted by Gasteiger charge is 2.14. The van der Waals surface area contributed by atoms with Crippen LogP contribution in [-0.4, -0.2) is 14.3 Å². The largest absolute Gasteiger partial charge is 0.321 e. The van der Waals surface area contributed by atoms with Crippen molar-refractivity contribution in [2.45, 2.75) is 4.90 Å². The molecule has 0 bridgehead atoms. The van der Waals surface area contributed by atoms with E-state index in [1.54, 1.807) is 24.3 Å². The summed E-state index contributed by atoms with van der Waals surface area (Å²) in [5.74, 6) is -0.338. The van der Waals surface area contributed by atoms with E-state index in [1.807, 2.05) is 0 Å². The van der Waals surface area contributed by atoms with E-state index in [9.17, 15) is 13.2 Å². The molecule has 2 rings (SSSR count). The Morgan fingerprint density at radius 1 is 1.10 bits per heavy atom. The van der Waals surface area contributed by atoms with Gasteiger partial charge in [-0.15, -0.1) is 0 Å². The van der Waals surface area contributed by atoms with Crippen LogP contribution in [-0.2, 0) is 9.05 Å². The lowest BCUT2D eigenvalue weighted by Gasteiger charge is -2.08. The van der Waals surface area contributed by atoms with Crippen LogP contribution in [0.4, 0.5) is 5.69 Å². The van der Waals surface area contributed by atoms with Crippen LogP contribution in [0.1, 0.15) is 10.4 Å². The molecule has 0 radical (unpaired) electrons. The number of halogens is 3. The molecule has 21 heavy (non-hydrogen) atoms. The third-order valence-corrected chi connectivity index (χ3v) is 4.96. The van der Waals surface area contributed by atoms with Crippen molar-refractivity contribution in [2.75, 3.05) is 5.32 Å². The highest BCUT2D eigenvalue weighted by molar-refractivity contribution is 14.1. The first-order valence-electron chi connectivity index (χ1n) is 5.58. The Labute approximate surface area is 145 Å². The molecule has 0 spiro atoms. The molecular weight excluding hydrogens is 448 g/mol. The summed E-state index contributed by atoms with van der Waals surface area (Å²) in [6.45, 7) is 0. The first-order valence-corrected chi connectivity index (χ1v) is 9.35. The Morgan fingerprint density at radius 3 is 2.24 bits per heavy atom. The van der Waals surface area contributed by atoms with Crippen LogP contribution in [0.5, 0.6) is 0 Å². The number of rotatable bonds is 3. The minimum atomic E-state index is -3.85. The zero-order valence-electron chi connectivity index (χ0n) is 10.3. The van der Waals surface area contributed by atoms with Gasteiger partial charge >= 0.3 is 0 Å². The van der Waals surface area contributed by atoms with Crippen LogP contribution < -0.4 is 5.32 Å². The number of nitrogens with one attached hydrogen (secondary N) is 1. The van der Waals surface area contributed by atoms with Gasteiger partial charge < -0.3 is 5.32 Å². The average Bonchev–Trinajstić information content (AvgIpc) is 2.40. The van der Waals surface area contributed by atoms with E-state index in [0.717, 1.165) is 3.57 Å². The predicted octanol–water partition coefficient (Wildman–Crippen LogP) is 4.12. The van der Waals surface area contributed by atoms with Crippen molar-refractivity contribution < 1.29 is 13.2 Å². The molecule has 2 aromatic carbocycles. The van der Waals surface area contributed by atoms with Gasteiger partial charge in [0.05, 0.1) is 15.6 Å². The summed E-state index contributed by atoms with van der Waals surface area (Å²) < 4.78 is 23.4. The average molecular weight is 456 g/mol. The van der Waals surface area contributed by atoms with Gasteiger partial charge in [0.25, 0.3) is 15.0 Å². The highest BCUT2D eigenvalue weighted by atomic mass is 127. The molecule has 0 aliphatic rings. The molecule has 0 saturated carbocycles. The Kier molecular flexibility index (Phi) is 5.13. The van der Waals surface area contributed by atoms with Gasteiger partial charge in [-0.25, -0.2) is 8.42 Å². The zero-order chi connectivity index (χ0) is 15.6. The fourth-order valence-electron chi connectivity index (χ4n) is 1.54. The van der Waals surface area contributed by atoms with Crippen LogP contribution in [0.3, 0.4) is 0 Å². The molecule has 4 nitrogen and oxygen atoms in total. The van der Waals surface area contributed by atoms with Gasteiger partial charge in [-0.1, -0.05) is 11.6 Å². The molecule has 0 aliphatic heterocycles. The van der Waals surface area contributed by atoms with E-state index in [2.05, 4.69) is 27.9 Å². The summed E-state index contributed by atoms with van der Waals surface area (Å²) >= 11 is 8.09. The van der Waals surface area contributed by atoms with Gasteiger partial charge in [-0.3, -0.25) is 4.79 Å². The Bertz CT molecular complexity index is 792. The second kappa shape index (κ2) is 6.51. The lowest BCUT2D eigenvalue weighted by atomic mass is 10.2. The molecule has 1 amide bonds. The van der Waals surface area contributed by atoms with Gasteiger partial charge in [0, 0.05) is 19.8 Å². The fourth-order valence-corrected chi connectivity index (χ4v) is 2.97. The molecule has 0 atom stereocenters. The quantitative estimate of drug-likeness (QED) is 0.559. The minimum absolute atomic E-state index is 0.0931. The predicted molar refractivity (Wildman–Crippen MR) is 91.6 cm³/mol. The van der Waals surface area contributed by atoms with Crippen molar-refractivity contribution in [2.24, 2.45) is 0 Å². The maximum absolute atomic E-state index is 12.0. The number of carbonyl (C=O) groups excluding carboxylic acids is 1. The smallest absolute Gasteiger partial charge is 0.261 e. The first kappa shape index (κ1) is 16.5. The van der Waals surface area contributed by atoms with Gasteiger partial charge in [-0.2, -0.15) is 0 Å². The van der Waals surface area contributed by atoms with Crippen molar-refractivity contribution in [3.05, 3.63) is 56.6 Å². The molecule has 110 valence electrons. The molecule has 1 N–H and O–H groups in total. The van der Waals surface area contributed by atoms with E-state index < -0.39 is 9.05 Å². The van der Waals surface area contributed by atoms with Crippen molar-refractivity contribution in [1.29, 1.82) is 0 Å². The summed E-state index contributed by atoms with van der Waals surface area (Å²) in [6, 6.07) is 10.8. The first-order chi connectivity index (χ1) is 9.77. The highest BCUT2D eigenvalue weighted by Crippen LogP contribution is 2.27. The number of benzene rings is 2. The topological polar surface area (TPSA) is 63.2 Å². The Balaban J connectivity index is 2.24. The SMILES string of the molecule is O=C(Nc1ccc(S(=O)(=O)Cl)cc1Cl)c1ccc(I)cc1. The number of hydrogen-bond acceptors (Lipinski definition) is 3. The van der Waals surface area contributed by atoms with E-state index in [1.165, 1.54) is 18.2 Å². The van der Waals surface area contributed by atoms with Gasteiger partial charge in [0.1, 0.15) is 0 Å². The van der Waals surface area contributed by atoms with Crippen LogP contribution in [0.15, 0.2) is 47.4 Å². The third kappa shape index (κ3) is 4.32. The van der Waals surface area contributed by atoms with Crippen LogP contribution in [0.25, 0.3) is 0 Å². The summed E-state index contributed by atoms with van der Waals surface area (Å²) in [6.07, 6.45) is 0. The molecule has 8 heteroatoms. The molecule has 0 aliphatic carbocycles. The Morgan fingerprint density at radius 2 is 1.71 bits per heavy atom.